The Bertz CT molecular complexity index is 398. The Hall–Kier alpha value is -0.450. The monoisotopic (exact) mass is 254 g/mol. The first kappa shape index (κ1) is 13.0. The van der Waals surface area contributed by atoms with E-state index in [0.717, 1.165) is 36.6 Å². The molecule has 2 unspecified atom stereocenters. The van der Waals surface area contributed by atoms with E-state index in [2.05, 4.69) is 32.7 Å². The summed E-state index contributed by atoms with van der Waals surface area (Å²) in [4.78, 5) is 5.92. The summed E-state index contributed by atoms with van der Waals surface area (Å²) in [5.41, 5.74) is 7.30. The molecule has 0 aliphatic carbocycles. The van der Waals surface area contributed by atoms with Crippen molar-refractivity contribution in [2.75, 3.05) is 6.61 Å². The first-order valence-corrected chi connectivity index (χ1v) is 7.07. The van der Waals surface area contributed by atoms with Crippen molar-refractivity contribution in [1.82, 2.24) is 4.98 Å². The molecule has 0 amide bonds. The number of aromatic nitrogens is 1. The molecular formula is C13H22N2OS. The molecule has 1 aliphatic heterocycles. The van der Waals surface area contributed by atoms with Crippen molar-refractivity contribution in [1.29, 1.82) is 0 Å². The second-order valence-corrected chi connectivity index (χ2v) is 6.60. The zero-order chi connectivity index (χ0) is 12.7. The van der Waals surface area contributed by atoms with Crippen molar-refractivity contribution in [3.05, 3.63) is 15.6 Å². The van der Waals surface area contributed by atoms with E-state index in [9.17, 15) is 0 Å². The van der Waals surface area contributed by atoms with Crippen LogP contribution in [0.5, 0.6) is 0 Å². The minimum absolute atomic E-state index is 0.0967. The maximum Gasteiger partial charge on any atom is 0.113 e. The van der Waals surface area contributed by atoms with Gasteiger partial charge in [0.25, 0.3) is 0 Å². The van der Waals surface area contributed by atoms with Gasteiger partial charge in [0.1, 0.15) is 5.01 Å². The van der Waals surface area contributed by atoms with Crippen LogP contribution < -0.4 is 5.73 Å². The molecule has 0 radical (unpaired) electrons. The molecule has 1 fully saturated rings. The number of ether oxygens (including phenoxy) is 1. The minimum Gasteiger partial charge on any atom is -0.375 e. The highest BCUT2D eigenvalue weighted by Crippen LogP contribution is 2.40. The topological polar surface area (TPSA) is 48.1 Å². The quantitative estimate of drug-likeness (QED) is 0.882. The summed E-state index contributed by atoms with van der Waals surface area (Å²) in [6.07, 6.45) is 2.73. The van der Waals surface area contributed by atoms with E-state index in [1.54, 1.807) is 11.3 Å². The molecule has 1 aliphatic rings. The highest BCUT2D eigenvalue weighted by molar-refractivity contribution is 7.11. The third-order valence-corrected chi connectivity index (χ3v) is 5.18. The minimum atomic E-state index is -0.299. The Morgan fingerprint density at radius 2 is 2.18 bits per heavy atom. The van der Waals surface area contributed by atoms with Gasteiger partial charge < -0.3 is 10.5 Å². The maximum atomic E-state index is 6.58. The first-order chi connectivity index (χ1) is 7.88. The number of hydrogen-bond acceptors (Lipinski definition) is 4. The van der Waals surface area contributed by atoms with E-state index in [0.29, 0.717) is 0 Å². The Balaban J connectivity index is 2.29. The number of thiazole rings is 1. The summed E-state index contributed by atoms with van der Waals surface area (Å²) in [5.74, 6) is 0. The average Bonchev–Trinajstić information content (AvgIpc) is 2.60. The third kappa shape index (κ3) is 2.39. The van der Waals surface area contributed by atoms with Crippen LogP contribution in [0.3, 0.4) is 0 Å². The summed E-state index contributed by atoms with van der Waals surface area (Å²) in [5, 5.41) is 1.08. The molecule has 2 heterocycles. The number of aryl methyl sites for hydroxylation is 2. The second-order valence-electron chi connectivity index (χ2n) is 5.40. The van der Waals surface area contributed by atoms with E-state index in [1.165, 1.54) is 4.88 Å². The Kier molecular flexibility index (Phi) is 3.31. The highest BCUT2D eigenvalue weighted by Gasteiger charge is 2.42. The molecule has 0 saturated carbocycles. The molecule has 2 N–H and O–H groups in total. The number of nitrogens with zero attached hydrogens (tertiary/aromatic N) is 1. The van der Waals surface area contributed by atoms with Crippen molar-refractivity contribution in [3.63, 3.8) is 0 Å². The van der Waals surface area contributed by atoms with Gasteiger partial charge >= 0.3 is 0 Å². The van der Waals surface area contributed by atoms with Crippen LogP contribution >= 0.6 is 11.3 Å². The lowest BCUT2D eigenvalue weighted by atomic mass is 9.80. The largest absolute Gasteiger partial charge is 0.375 e. The van der Waals surface area contributed by atoms with E-state index >= 15 is 0 Å². The summed E-state index contributed by atoms with van der Waals surface area (Å²) >= 11 is 1.74. The van der Waals surface area contributed by atoms with Crippen LogP contribution in [0, 0.1) is 13.8 Å². The van der Waals surface area contributed by atoms with Crippen molar-refractivity contribution in [2.45, 2.75) is 58.1 Å². The van der Waals surface area contributed by atoms with Crippen LogP contribution in [0.4, 0.5) is 0 Å². The van der Waals surface area contributed by atoms with E-state index < -0.39 is 0 Å². The predicted octanol–water partition coefficient (Wildman–Crippen LogP) is 2.89. The van der Waals surface area contributed by atoms with Crippen LogP contribution in [0.2, 0.25) is 0 Å². The zero-order valence-electron chi connectivity index (χ0n) is 11.2. The molecule has 3 nitrogen and oxygen atoms in total. The summed E-state index contributed by atoms with van der Waals surface area (Å²) < 4.78 is 5.87. The lowest BCUT2D eigenvalue weighted by Crippen LogP contribution is -2.50. The van der Waals surface area contributed by atoms with Crippen LogP contribution in [0.15, 0.2) is 0 Å². The second kappa shape index (κ2) is 4.34. The fourth-order valence-corrected chi connectivity index (χ4v) is 3.43. The molecule has 1 saturated heterocycles. The normalized spacial score (nSPS) is 33.9. The molecule has 0 bridgehead atoms. The van der Waals surface area contributed by atoms with Crippen molar-refractivity contribution < 1.29 is 4.74 Å². The Morgan fingerprint density at radius 1 is 1.47 bits per heavy atom. The van der Waals surface area contributed by atoms with E-state index in [1.807, 2.05) is 0 Å². The zero-order valence-corrected chi connectivity index (χ0v) is 12.0. The van der Waals surface area contributed by atoms with Gasteiger partial charge in [0.15, 0.2) is 0 Å². The van der Waals surface area contributed by atoms with Gasteiger partial charge in [0.05, 0.1) is 16.8 Å². The van der Waals surface area contributed by atoms with Crippen LogP contribution in [0.25, 0.3) is 0 Å². The van der Waals surface area contributed by atoms with Crippen LogP contribution in [-0.4, -0.2) is 17.2 Å². The third-order valence-electron chi connectivity index (χ3n) is 3.89. The van der Waals surface area contributed by atoms with E-state index in [-0.39, 0.29) is 11.1 Å². The summed E-state index contributed by atoms with van der Waals surface area (Å²) in [6.45, 7) is 9.21. The van der Waals surface area contributed by atoms with E-state index in [4.69, 9.17) is 10.5 Å². The predicted molar refractivity (Wildman–Crippen MR) is 71.3 cm³/mol. The molecule has 96 valence electrons. The van der Waals surface area contributed by atoms with Gasteiger partial charge in [-0.2, -0.15) is 0 Å². The Morgan fingerprint density at radius 3 is 2.71 bits per heavy atom. The molecule has 2 rings (SSSR count). The van der Waals surface area contributed by atoms with Gasteiger partial charge in [0.2, 0.25) is 0 Å². The fourth-order valence-electron chi connectivity index (χ4n) is 2.38. The molecule has 4 heteroatoms. The van der Waals surface area contributed by atoms with Gasteiger partial charge in [-0.05, 0) is 33.6 Å². The van der Waals surface area contributed by atoms with Crippen LogP contribution in [-0.2, 0) is 10.3 Å². The highest BCUT2D eigenvalue weighted by atomic mass is 32.1. The molecule has 2 atom stereocenters. The van der Waals surface area contributed by atoms with Crippen molar-refractivity contribution in [2.24, 2.45) is 5.73 Å². The number of hydrogen-bond donors (Lipinski definition) is 1. The van der Waals surface area contributed by atoms with Gasteiger partial charge in [0, 0.05) is 17.9 Å². The Labute approximate surface area is 107 Å². The van der Waals surface area contributed by atoms with Crippen molar-refractivity contribution >= 4 is 11.3 Å². The number of nitrogens with two attached hydrogens (primary N) is 1. The number of rotatable bonds is 2. The van der Waals surface area contributed by atoms with Gasteiger partial charge in [-0.1, -0.05) is 6.92 Å². The first-order valence-electron chi connectivity index (χ1n) is 6.26. The molecule has 1 aromatic heterocycles. The van der Waals surface area contributed by atoms with Crippen molar-refractivity contribution in [3.8, 4) is 0 Å². The molecule has 17 heavy (non-hydrogen) atoms. The van der Waals surface area contributed by atoms with Gasteiger partial charge in [-0.15, -0.1) is 11.3 Å². The summed E-state index contributed by atoms with van der Waals surface area (Å²) in [7, 11) is 0. The molecular weight excluding hydrogens is 232 g/mol. The lowest BCUT2D eigenvalue weighted by molar-refractivity contribution is -0.0955. The molecule has 0 spiro atoms. The fraction of sp³-hybridized carbons (Fsp3) is 0.769. The summed E-state index contributed by atoms with van der Waals surface area (Å²) in [6, 6.07) is 0. The average molecular weight is 254 g/mol. The SMILES string of the molecule is CCC1(C)CC(N)(c2nc(C)c(C)s2)CCO1. The van der Waals surface area contributed by atoms with Gasteiger partial charge in [-0.25, -0.2) is 4.98 Å². The molecule has 0 aromatic carbocycles. The van der Waals surface area contributed by atoms with Gasteiger partial charge in [-0.3, -0.25) is 0 Å². The lowest BCUT2D eigenvalue weighted by Gasteiger charge is -2.43. The van der Waals surface area contributed by atoms with Crippen LogP contribution in [0.1, 0.15) is 48.7 Å². The maximum absolute atomic E-state index is 6.58. The smallest absolute Gasteiger partial charge is 0.113 e. The molecule has 1 aromatic rings. The standard InChI is InChI=1S/C13H22N2OS/c1-5-12(4)8-13(14,6-7-16-12)11-15-9(2)10(3)17-11/h5-8,14H2,1-4H3.